The maximum absolute atomic E-state index is 13.2. The lowest BCUT2D eigenvalue weighted by Crippen LogP contribution is -2.22. The molecule has 0 fully saturated rings. The third kappa shape index (κ3) is 2.81. The van der Waals surface area contributed by atoms with E-state index in [4.69, 9.17) is 16.0 Å². The standard InChI is InChI=1S/C19H16ClN3O3S.ClH/c1-23-17-3-2-12(6-11(17)9-22-23)27(24,25)13-7-14-15-10-21-5-4-18(15)26-19(14)16(20)8-13;/h2-3,6-9,21H,4-5,10H2,1H3;1H. The van der Waals surface area contributed by atoms with E-state index in [9.17, 15) is 8.42 Å². The molecule has 5 rings (SSSR count). The van der Waals surface area contributed by atoms with Gasteiger partial charge in [0, 0.05) is 42.9 Å². The predicted octanol–water partition coefficient (Wildman–Crippen LogP) is 3.87. The Morgan fingerprint density at radius 2 is 2.04 bits per heavy atom. The Bertz CT molecular complexity index is 1330. The molecule has 2 aromatic heterocycles. The van der Waals surface area contributed by atoms with Crippen molar-refractivity contribution in [2.75, 3.05) is 6.54 Å². The van der Waals surface area contributed by atoms with Crippen LogP contribution in [0.15, 0.2) is 50.7 Å². The second-order valence-corrected chi connectivity index (χ2v) is 9.06. The molecule has 1 aliphatic heterocycles. The number of hydrogen-bond acceptors (Lipinski definition) is 5. The molecule has 0 aliphatic carbocycles. The predicted molar refractivity (Wildman–Crippen MR) is 110 cm³/mol. The van der Waals surface area contributed by atoms with Gasteiger partial charge in [0.2, 0.25) is 9.84 Å². The van der Waals surface area contributed by atoms with Crippen molar-refractivity contribution in [3.05, 3.63) is 52.9 Å². The number of hydrogen-bond donors (Lipinski definition) is 1. The summed E-state index contributed by atoms with van der Waals surface area (Å²) in [5.41, 5.74) is 2.40. The Hall–Kier alpha value is -2.06. The van der Waals surface area contributed by atoms with Crippen LogP contribution in [0, 0.1) is 0 Å². The molecule has 6 nitrogen and oxygen atoms in total. The quantitative estimate of drug-likeness (QED) is 0.514. The van der Waals surface area contributed by atoms with Gasteiger partial charge >= 0.3 is 0 Å². The van der Waals surface area contributed by atoms with Crippen LogP contribution in [0.3, 0.4) is 0 Å². The summed E-state index contributed by atoms with van der Waals surface area (Å²) in [7, 11) is -1.90. The fourth-order valence-corrected chi connectivity index (χ4v) is 5.31. The second-order valence-electron chi connectivity index (χ2n) is 6.70. The molecule has 0 radical (unpaired) electrons. The van der Waals surface area contributed by atoms with Crippen LogP contribution in [-0.2, 0) is 29.9 Å². The number of fused-ring (bicyclic) bond motifs is 4. The number of nitrogens with zero attached hydrogens (tertiary/aromatic N) is 2. The van der Waals surface area contributed by atoms with Crippen molar-refractivity contribution in [2.24, 2.45) is 7.05 Å². The topological polar surface area (TPSA) is 77.1 Å². The van der Waals surface area contributed by atoms with Gasteiger partial charge in [-0.15, -0.1) is 12.4 Å². The van der Waals surface area contributed by atoms with Crippen molar-refractivity contribution in [3.8, 4) is 0 Å². The first-order chi connectivity index (χ1) is 12.9. The molecule has 0 saturated carbocycles. The molecule has 4 aromatic rings. The SMILES string of the molecule is Cl.Cn1ncc2cc(S(=O)(=O)c3cc(Cl)c4oc5c(c4c3)CNCC5)ccc21. The van der Waals surface area contributed by atoms with Gasteiger partial charge in [0.1, 0.15) is 5.76 Å². The van der Waals surface area contributed by atoms with Crippen molar-refractivity contribution < 1.29 is 12.8 Å². The molecule has 1 aliphatic rings. The van der Waals surface area contributed by atoms with E-state index in [2.05, 4.69) is 10.4 Å². The first-order valence-electron chi connectivity index (χ1n) is 8.56. The number of sulfone groups is 1. The van der Waals surface area contributed by atoms with Gasteiger partial charge in [0.15, 0.2) is 5.58 Å². The fraction of sp³-hybridized carbons (Fsp3) is 0.211. The number of rotatable bonds is 2. The summed E-state index contributed by atoms with van der Waals surface area (Å²) < 4.78 is 34.1. The highest BCUT2D eigenvalue weighted by Crippen LogP contribution is 2.36. The van der Waals surface area contributed by atoms with Gasteiger partial charge in [-0.1, -0.05) is 11.6 Å². The fourth-order valence-electron chi connectivity index (χ4n) is 3.64. The highest BCUT2D eigenvalue weighted by molar-refractivity contribution is 7.91. The molecule has 0 atom stereocenters. The summed E-state index contributed by atoms with van der Waals surface area (Å²) >= 11 is 6.38. The molecule has 1 N–H and O–H groups in total. The molecule has 0 bridgehead atoms. The first kappa shape index (κ1) is 19.3. The van der Waals surface area contributed by atoms with Gasteiger partial charge in [-0.2, -0.15) is 5.10 Å². The summed E-state index contributed by atoms with van der Waals surface area (Å²) in [5, 5.41) is 9.30. The molecule has 146 valence electrons. The molecule has 9 heteroatoms. The summed E-state index contributed by atoms with van der Waals surface area (Å²) in [5.74, 6) is 0.872. The molecule has 2 aromatic carbocycles. The van der Waals surface area contributed by atoms with Crippen LogP contribution in [0.4, 0.5) is 0 Å². The number of aryl methyl sites for hydroxylation is 1. The van der Waals surface area contributed by atoms with Crippen molar-refractivity contribution in [1.82, 2.24) is 15.1 Å². The molecule has 28 heavy (non-hydrogen) atoms. The van der Waals surface area contributed by atoms with Gasteiger partial charge in [-0.05, 0) is 30.3 Å². The average molecular weight is 438 g/mol. The second kappa shape index (κ2) is 6.77. The van der Waals surface area contributed by atoms with Gasteiger partial charge in [0.05, 0.1) is 26.5 Å². The van der Waals surface area contributed by atoms with E-state index in [0.717, 1.165) is 40.6 Å². The van der Waals surface area contributed by atoms with E-state index in [-0.39, 0.29) is 22.2 Å². The maximum atomic E-state index is 13.2. The zero-order valence-corrected chi connectivity index (χ0v) is 17.3. The summed E-state index contributed by atoms with van der Waals surface area (Å²) in [6, 6.07) is 8.14. The maximum Gasteiger partial charge on any atom is 0.206 e. The van der Waals surface area contributed by atoms with Gasteiger partial charge in [0.25, 0.3) is 0 Å². The monoisotopic (exact) mass is 437 g/mol. The third-order valence-electron chi connectivity index (χ3n) is 5.07. The summed E-state index contributed by atoms with van der Waals surface area (Å²) in [6.07, 6.45) is 2.42. The number of furan rings is 1. The Balaban J connectivity index is 0.00000192. The van der Waals surface area contributed by atoms with E-state index in [1.807, 2.05) is 7.05 Å². The highest BCUT2D eigenvalue weighted by atomic mass is 35.5. The van der Waals surface area contributed by atoms with Crippen LogP contribution in [0.2, 0.25) is 5.02 Å². The Morgan fingerprint density at radius 3 is 2.86 bits per heavy atom. The minimum atomic E-state index is -3.72. The van der Waals surface area contributed by atoms with Crippen molar-refractivity contribution in [1.29, 1.82) is 0 Å². The lowest BCUT2D eigenvalue weighted by Gasteiger charge is -2.11. The van der Waals surface area contributed by atoms with Crippen LogP contribution in [0.1, 0.15) is 11.3 Å². The highest BCUT2D eigenvalue weighted by Gasteiger charge is 2.25. The third-order valence-corrected chi connectivity index (χ3v) is 7.08. The molecule has 0 amide bonds. The Kier molecular flexibility index (Phi) is 4.66. The molecule has 3 heterocycles. The molecule has 0 spiro atoms. The van der Waals surface area contributed by atoms with E-state index >= 15 is 0 Å². The Labute approximate surface area is 172 Å². The number of benzene rings is 2. The number of aromatic nitrogens is 2. The zero-order valence-electron chi connectivity index (χ0n) is 14.9. The molecule has 0 unspecified atom stereocenters. The van der Waals surface area contributed by atoms with E-state index in [0.29, 0.717) is 17.2 Å². The van der Waals surface area contributed by atoms with E-state index in [1.54, 1.807) is 35.1 Å². The lowest BCUT2D eigenvalue weighted by molar-refractivity contribution is 0.500. The zero-order chi connectivity index (χ0) is 18.8. The summed E-state index contributed by atoms with van der Waals surface area (Å²) in [4.78, 5) is 0.381. The minimum Gasteiger partial charge on any atom is -0.459 e. The van der Waals surface area contributed by atoms with Gasteiger partial charge in [-0.25, -0.2) is 8.42 Å². The van der Waals surface area contributed by atoms with E-state index in [1.165, 1.54) is 6.07 Å². The first-order valence-corrected chi connectivity index (χ1v) is 10.4. The minimum absolute atomic E-state index is 0. The van der Waals surface area contributed by atoms with E-state index < -0.39 is 9.84 Å². The smallest absolute Gasteiger partial charge is 0.206 e. The molecular formula is C19H17Cl2N3O3S. The number of nitrogens with one attached hydrogen (secondary N) is 1. The van der Waals surface area contributed by atoms with Gasteiger partial charge in [-0.3, -0.25) is 4.68 Å². The number of halogens is 2. The van der Waals surface area contributed by atoms with Crippen molar-refractivity contribution in [2.45, 2.75) is 22.8 Å². The van der Waals surface area contributed by atoms with Crippen molar-refractivity contribution >= 4 is 55.7 Å². The van der Waals surface area contributed by atoms with Crippen LogP contribution >= 0.6 is 24.0 Å². The Morgan fingerprint density at radius 1 is 1.21 bits per heavy atom. The lowest BCUT2D eigenvalue weighted by atomic mass is 10.1. The largest absolute Gasteiger partial charge is 0.459 e. The van der Waals surface area contributed by atoms with Crippen LogP contribution in [-0.4, -0.2) is 24.7 Å². The average Bonchev–Trinajstić information content (AvgIpc) is 3.23. The van der Waals surface area contributed by atoms with Crippen LogP contribution in [0.5, 0.6) is 0 Å². The van der Waals surface area contributed by atoms with Crippen molar-refractivity contribution in [3.63, 3.8) is 0 Å². The molecular weight excluding hydrogens is 421 g/mol. The van der Waals surface area contributed by atoms with Gasteiger partial charge < -0.3 is 9.73 Å². The summed E-state index contributed by atoms with van der Waals surface area (Å²) in [6.45, 7) is 1.48. The normalized spacial score (nSPS) is 14.2. The van der Waals surface area contributed by atoms with Crippen LogP contribution in [0.25, 0.3) is 21.9 Å². The van der Waals surface area contributed by atoms with Crippen LogP contribution < -0.4 is 5.32 Å². The molecule has 0 saturated heterocycles.